The number of nitrogens with zero attached hydrogens (tertiary/aromatic N) is 3. The molecule has 0 bridgehead atoms. The molecule has 2 unspecified atom stereocenters. The first-order valence-electron chi connectivity index (χ1n) is 9.33. The van der Waals surface area contributed by atoms with E-state index in [0.717, 1.165) is 12.0 Å². The van der Waals surface area contributed by atoms with Gasteiger partial charge in [0, 0.05) is 12.1 Å². The van der Waals surface area contributed by atoms with Crippen LogP contribution in [0, 0.1) is 6.92 Å². The van der Waals surface area contributed by atoms with E-state index in [-0.39, 0.29) is 12.5 Å². The number of hydrogen-bond acceptors (Lipinski definition) is 4. The minimum Gasteiger partial charge on any atom is -0.480 e. The summed E-state index contributed by atoms with van der Waals surface area (Å²) < 4.78 is 1.80. The van der Waals surface area contributed by atoms with E-state index in [4.69, 9.17) is 0 Å². The summed E-state index contributed by atoms with van der Waals surface area (Å²) in [5, 5.41) is 17.2. The van der Waals surface area contributed by atoms with E-state index >= 15 is 0 Å². The average Bonchev–Trinajstić information content (AvgIpc) is 3.10. The summed E-state index contributed by atoms with van der Waals surface area (Å²) in [5.74, 6) is -1.52. The second-order valence-corrected chi connectivity index (χ2v) is 6.95. The quantitative estimate of drug-likeness (QED) is 0.656. The summed E-state index contributed by atoms with van der Waals surface area (Å²) in [6.45, 7) is 5.90. The van der Waals surface area contributed by atoms with Crippen LogP contribution in [0.1, 0.15) is 47.9 Å². The second kappa shape index (κ2) is 8.21. The number of carboxylic acid groups (broad SMARTS) is 1. The average molecular weight is 380 g/mol. The van der Waals surface area contributed by atoms with Gasteiger partial charge < -0.3 is 10.4 Å². The van der Waals surface area contributed by atoms with Crippen molar-refractivity contribution in [3.63, 3.8) is 0 Å². The van der Waals surface area contributed by atoms with Crippen LogP contribution in [-0.2, 0) is 11.2 Å². The van der Waals surface area contributed by atoms with Gasteiger partial charge in [-0.05, 0) is 31.9 Å². The lowest BCUT2D eigenvalue weighted by molar-refractivity contribution is -0.139. The molecule has 0 aliphatic rings. The van der Waals surface area contributed by atoms with E-state index in [1.165, 1.54) is 0 Å². The number of benzene rings is 1. The van der Waals surface area contributed by atoms with E-state index in [1.807, 2.05) is 44.2 Å². The van der Waals surface area contributed by atoms with Gasteiger partial charge in [0.1, 0.15) is 6.04 Å². The summed E-state index contributed by atoms with van der Waals surface area (Å²) >= 11 is 0. The standard InChI is InChI=1S/C21H24N4O3/c1-4-14(3)25-19-17(12-22-25)16(10-13(2)23-19)20(26)24-18(21(27)28)11-15-8-6-5-7-9-15/h5-10,12,14,18H,4,11H2,1-3H3,(H,24,26)(H,27,28). The summed E-state index contributed by atoms with van der Waals surface area (Å²) in [5.41, 5.74) is 2.54. The summed E-state index contributed by atoms with van der Waals surface area (Å²) in [6.07, 6.45) is 2.71. The molecule has 28 heavy (non-hydrogen) atoms. The molecule has 1 amide bonds. The molecule has 7 heteroatoms. The number of carbonyl (C=O) groups is 2. The molecule has 0 aliphatic carbocycles. The molecule has 3 aromatic rings. The largest absolute Gasteiger partial charge is 0.480 e. The Bertz CT molecular complexity index is 998. The van der Waals surface area contributed by atoms with Crippen molar-refractivity contribution in [1.82, 2.24) is 20.1 Å². The summed E-state index contributed by atoms with van der Waals surface area (Å²) in [4.78, 5) is 29.1. The predicted octanol–water partition coefficient (Wildman–Crippen LogP) is 3.14. The predicted molar refractivity (Wildman–Crippen MR) is 106 cm³/mol. The van der Waals surface area contributed by atoms with Gasteiger partial charge in [-0.15, -0.1) is 0 Å². The van der Waals surface area contributed by atoms with Gasteiger partial charge in [-0.2, -0.15) is 5.10 Å². The number of aromatic nitrogens is 3. The number of nitrogens with one attached hydrogen (secondary N) is 1. The van der Waals surface area contributed by atoms with Gasteiger partial charge in [0.05, 0.1) is 23.2 Å². The number of hydrogen-bond donors (Lipinski definition) is 2. The molecule has 7 nitrogen and oxygen atoms in total. The maximum absolute atomic E-state index is 12.9. The van der Waals surface area contributed by atoms with Gasteiger partial charge in [0.15, 0.2) is 5.65 Å². The lowest BCUT2D eigenvalue weighted by Gasteiger charge is -2.16. The van der Waals surface area contributed by atoms with Gasteiger partial charge in [-0.3, -0.25) is 4.79 Å². The van der Waals surface area contributed by atoms with Crippen molar-refractivity contribution in [2.45, 2.75) is 45.7 Å². The third-order valence-electron chi connectivity index (χ3n) is 4.83. The van der Waals surface area contributed by atoms with E-state index < -0.39 is 17.9 Å². The van der Waals surface area contributed by atoms with Crippen molar-refractivity contribution >= 4 is 22.9 Å². The van der Waals surface area contributed by atoms with Crippen LogP contribution in [0.4, 0.5) is 0 Å². The van der Waals surface area contributed by atoms with Crippen LogP contribution in [0.15, 0.2) is 42.6 Å². The molecule has 0 spiro atoms. The van der Waals surface area contributed by atoms with Gasteiger partial charge >= 0.3 is 5.97 Å². The molecular weight excluding hydrogens is 356 g/mol. The Morgan fingerprint density at radius 2 is 1.96 bits per heavy atom. The fourth-order valence-electron chi connectivity index (χ4n) is 3.11. The molecule has 0 saturated carbocycles. The number of amides is 1. The number of carbonyl (C=O) groups excluding carboxylic acids is 1. The number of fused-ring (bicyclic) bond motifs is 1. The van der Waals surface area contributed by atoms with Gasteiger partial charge in [-0.1, -0.05) is 37.3 Å². The molecule has 0 aliphatic heterocycles. The summed E-state index contributed by atoms with van der Waals surface area (Å²) in [7, 11) is 0. The Morgan fingerprint density at radius 3 is 2.61 bits per heavy atom. The van der Waals surface area contributed by atoms with Crippen LogP contribution >= 0.6 is 0 Å². The maximum Gasteiger partial charge on any atom is 0.326 e. The SMILES string of the molecule is CCC(C)n1ncc2c(C(=O)NC(Cc3ccccc3)C(=O)O)cc(C)nc21. The van der Waals surface area contributed by atoms with Crippen molar-refractivity contribution in [2.24, 2.45) is 0 Å². The van der Waals surface area contributed by atoms with Crippen LogP contribution in [0.25, 0.3) is 11.0 Å². The highest BCUT2D eigenvalue weighted by Crippen LogP contribution is 2.22. The Labute approximate surface area is 163 Å². The molecule has 2 atom stereocenters. The highest BCUT2D eigenvalue weighted by Gasteiger charge is 2.24. The van der Waals surface area contributed by atoms with Crippen molar-refractivity contribution in [2.75, 3.05) is 0 Å². The van der Waals surface area contributed by atoms with Crippen LogP contribution in [0.5, 0.6) is 0 Å². The summed E-state index contributed by atoms with van der Waals surface area (Å²) in [6, 6.07) is 10.0. The topological polar surface area (TPSA) is 97.1 Å². The fourth-order valence-corrected chi connectivity index (χ4v) is 3.11. The number of aryl methyl sites for hydroxylation is 1. The van der Waals surface area contributed by atoms with Crippen LogP contribution < -0.4 is 5.32 Å². The lowest BCUT2D eigenvalue weighted by atomic mass is 10.0. The minimum atomic E-state index is -1.07. The smallest absolute Gasteiger partial charge is 0.326 e. The Balaban J connectivity index is 1.91. The van der Waals surface area contributed by atoms with Crippen LogP contribution in [-0.4, -0.2) is 37.8 Å². The number of pyridine rings is 1. The van der Waals surface area contributed by atoms with Crippen LogP contribution in [0.2, 0.25) is 0 Å². The number of aliphatic carboxylic acids is 1. The zero-order valence-electron chi connectivity index (χ0n) is 16.2. The molecule has 2 aromatic heterocycles. The molecule has 0 fully saturated rings. The maximum atomic E-state index is 12.9. The molecule has 3 rings (SSSR count). The van der Waals surface area contributed by atoms with Crippen molar-refractivity contribution in [3.05, 3.63) is 59.4 Å². The van der Waals surface area contributed by atoms with E-state index in [1.54, 1.807) is 16.9 Å². The zero-order valence-corrected chi connectivity index (χ0v) is 16.2. The van der Waals surface area contributed by atoms with Crippen molar-refractivity contribution < 1.29 is 14.7 Å². The molecule has 2 N–H and O–H groups in total. The molecule has 2 heterocycles. The Hall–Kier alpha value is -3.22. The first-order valence-corrected chi connectivity index (χ1v) is 9.33. The normalized spacial score (nSPS) is 13.2. The van der Waals surface area contributed by atoms with Gasteiger partial charge in [0.2, 0.25) is 0 Å². The third-order valence-corrected chi connectivity index (χ3v) is 4.83. The monoisotopic (exact) mass is 380 g/mol. The molecule has 0 radical (unpaired) electrons. The number of rotatable bonds is 7. The third kappa shape index (κ3) is 4.03. The van der Waals surface area contributed by atoms with Crippen molar-refractivity contribution in [1.29, 1.82) is 0 Å². The van der Waals surface area contributed by atoms with Gasteiger partial charge in [-0.25, -0.2) is 14.5 Å². The molecular formula is C21H24N4O3. The second-order valence-electron chi connectivity index (χ2n) is 6.95. The lowest BCUT2D eigenvalue weighted by Crippen LogP contribution is -2.42. The van der Waals surface area contributed by atoms with Gasteiger partial charge in [0.25, 0.3) is 5.91 Å². The highest BCUT2D eigenvalue weighted by atomic mass is 16.4. The first kappa shape index (κ1) is 19.5. The molecule has 146 valence electrons. The molecule has 1 aromatic carbocycles. The molecule has 0 saturated heterocycles. The highest BCUT2D eigenvalue weighted by molar-refractivity contribution is 6.06. The number of carboxylic acids is 1. The van der Waals surface area contributed by atoms with Crippen LogP contribution in [0.3, 0.4) is 0 Å². The van der Waals surface area contributed by atoms with E-state index in [2.05, 4.69) is 22.3 Å². The fraction of sp³-hybridized carbons (Fsp3) is 0.333. The first-order chi connectivity index (χ1) is 13.4. The van der Waals surface area contributed by atoms with E-state index in [9.17, 15) is 14.7 Å². The Morgan fingerprint density at radius 1 is 1.25 bits per heavy atom. The Kier molecular flexibility index (Phi) is 5.73. The zero-order chi connectivity index (χ0) is 20.3. The van der Waals surface area contributed by atoms with E-state index in [0.29, 0.717) is 22.3 Å². The van der Waals surface area contributed by atoms with Crippen molar-refractivity contribution in [3.8, 4) is 0 Å². The minimum absolute atomic E-state index is 0.146.